The van der Waals surface area contributed by atoms with E-state index in [-0.39, 0.29) is 0 Å². The van der Waals surface area contributed by atoms with Gasteiger partial charge in [0.2, 0.25) is 5.88 Å². The summed E-state index contributed by atoms with van der Waals surface area (Å²) in [5.41, 5.74) is 0.699. The third-order valence-electron chi connectivity index (χ3n) is 4.23. The van der Waals surface area contributed by atoms with Crippen molar-refractivity contribution in [3.05, 3.63) is 54.2 Å². The van der Waals surface area contributed by atoms with Crippen LogP contribution >= 0.6 is 0 Å². The van der Waals surface area contributed by atoms with Gasteiger partial charge in [-0.3, -0.25) is 0 Å². The Labute approximate surface area is 142 Å². The molecule has 0 bridgehead atoms. The van der Waals surface area contributed by atoms with E-state index >= 15 is 0 Å². The van der Waals surface area contributed by atoms with Gasteiger partial charge in [-0.25, -0.2) is 4.98 Å². The van der Waals surface area contributed by atoms with Gasteiger partial charge < -0.3 is 14.8 Å². The fourth-order valence-electron chi connectivity index (χ4n) is 3.37. The third-order valence-corrected chi connectivity index (χ3v) is 4.23. The lowest BCUT2D eigenvalue weighted by molar-refractivity contribution is 0.204. The standard InChI is InChI=1S/C19H23N3O2/c1-14-11-15(2)13-22(12-14)18(21-23)17-9-6-10-20-19(17)24-16-7-4-3-5-8-16/h3-10,14-15,23H,11-13H2,1-2H3/b21-18-. The zero-order valence-corrected chi connectivity index (χ0v) is 14.1. The van der Waals surface area contributed by atoms with E-state index in [1.165, 1.54) is 6.42 Å². The maximum atomic E-state index is 9.66. The Kier molecular flexibility index (Phi) is 4.99. The Hall–Kier alpha value is -2.56. The fraction of sp³-hybridized carbons (Fsp3) is 0.368. The number of amidine groups is 1. The normalized spacial score (nSPS) is 21.6. The Morgan fingerprint density at radius 3 is 2.50 bits per heavy atom. The summed E-state index contributed by atoms with van der Waals surface area (Å²) in [7, 11) is 0. The molecule has 5 nitrogen and oxygen atoms in total. The summed E-state index contributed by atoms with van der Waals surface area (Å²) in [6.45, 7) is 6.18. The van der Waals surface area contributed by atoms with Gasteiger partial charge in [0, 0.05) is 19.3 Å². The van der Waals surface area contributed by atoms with E-state index in [2.05, 4.69) is 28.9 Å². The minimum atomic E-state index is 0.447. The molecule has 0 saturated carbocycles. The zero-order valence-electron chi connectivity index (χ0n) is 14.1. The van der Waals surface area contributed by atoms with E-state index in [9.17, 15) is 5.21 Å². The van der Waals surface area contributed by atoms with Crippen molar-refractivity contribution in [3.63, 3.8) is 0 Å². The van der Waals surface area contributed by atoms with Crippen molar-refractivity contribution in [2.75, 3.05) is 13.1 Å². The van der Waals surface area contributed by atoms with E-state index < -0.39 is 0 Å². The van der Waals surface area contributed by atoms with Crippen molar-refractivity contribution >= 4 is 5.84 Å². The molecule has 1 aromatic heterocycles. The Morgan fingerprint density at radius 1 is 1.12 bits per heavy atom. The first-order valence-corrected chi connectivity index (χ1v) is 8.32. The first-order valence-electron chi connectivity index (χ1n) is 8.32. The molecule has 1 aromatic carbocycles. The number of hydrogen-bond acceptors (Lipinski definition) is 4. The zero-order chi connectivity index (χ0) is 16.9. The van der Waals surface area contributed by atoms with Crippen LogP contribution in [-0.2, 0) is 0 Å². The lowest BCUT2D eigenvalue weighted by Gasteiger charge is -2.36. The van der Waals surface area contributed by atoms with Crippen LogP contribution in [0.2, 0.25) is 0 Å². The summed E-state index contributed by atoms with van der Waals surface area (Å²) < 4.78 is 5.91. The molecule has 2 unspecified atom stereocenters. The number of benzene rings is 1. The van der Waals surface area contributed by atoms with Crippen LogP contribution in [0.4, 0.5) is 0 Å². The number of aromatic nitrogens is 1. The highest BCUT2D eigenvalue weighted by Gasteiger charge is 2.27. The lowest BCUT2D eigenvalue weighted by Crippen LogP contribution is -2.43. The molecular weight excluding hydrogens is 302 g/mol. The van der Waals surface area contributed by atoms with Crippen LogP contribution in [0.1, 0.15) is 25.8 Å². The number of piperidine rings is 1. The smallest absolute Gasteiger partial charge is 0.230 e. The number of pyridine rings is 1. The van der Waals surface area contributed by atoms with Crippen LogP contribution in [0.15, 0.2) is 53.8 Å². The van der Waals surface area contributed by atoms with Gasteiger partial charge in [0.1, 0.15) is 5.75 Å². The topological polar surface area (TPSA) is 58.0 Å². The van der Waals surface area contributed by atoms with Crippen LogP contribution in [0, 0.1) is 11.8 Å². The molecule has 1 aliphatic heterocycles. The summed E-state index contributed by atoms with van der Waals surface area (Å²) in [4.78, 5) is 6.45. The summed E-state index contributed by atoms with van der Waals surface area (Å²) >= 11 is 0. The van der Waals surface area contributed by atoms with Crippen LogP contribution in [-0.4, -0.2) is 34.0 Å². The predicted molar refractivity (Wildman–Crippen MR) is 93.6 cm³/mol. The number of hydrogen-bond donors (Lipinski definition) is 1. The first kappa shape index (κ1) is 16.3. The average Bonchev–Trinajstić information content (AvgIpc) is 2.57. The van der Waals surface area contributed by atoms with Gasteiger partial charge in [0.15, 0.2) is 5.84 Å². The summed E-state index contributed by atoms with van der Waals surface area (Å²) in [5.74, 6) is 2.78. The van der Waals surface area contributed by atoms with Gasteiger partial charge in [0.05, 0.1) is 5.56 Å². The number of likely N-dealkylation sites (tertiary alicyclic amines) is 1. The Bertz CT molecular complexity index is 693. The summed E-state index contributed by atoms with van der Waals surface area (Å²) in [5, 5.41) is 13.2. The van der Waals surface area contributed by atoms with E-state index in [0.29, 0.717) is 34.9 Å². The highest BCUT2D eigenvalue weighted by Crippen LogP contribution is 2.27. The molecule has 1 saturated heterocycles. The van der Waals surface area contributed by atoms with Crippen molar-refractivity contribution in [2.45, 2.75) is 20.3 Å². The molecule has 1 fully saturated rings. The van der Waals surface area contributed by atoms with Gasteiger partial charge in [-0.1, -0.05) is 37.2 Å². The van der Waals surface area contributed by atoms with Crippen molar-refractivity contribution in [1.29, 1.82) is 0 Å². The number of nitrogens with zero attached hydrogens (tertiary/aromatic N) is 3. The number of rotatable bonds is 3. The van der Waals surface area contributed by atoms with Gasteiger partial charge in [-0.05, 0) is 42.5 Å². The SMILES string of the molecule is CC1CC(C)CN(/C(=N\O)c2cccnc2Oc2ccccc2)C1. The number of ether oxygens (including phenoxy) is 1. The van der Waals surface area contributed by atoms with Crippen molar-refractivity contribution in [3.8, 4) is 11.6 Å². The molecule has 2 heterocycles. The van der Waals surface area contributed by atoms with Gasteiger partial charge in [-0.15, -0.1) is 0 Å². The molecular formula is C19H23N3O2. The second kappa shape index (κ2) is 7.34. The first-order chi connectivity index (χ1) is 11.7. The summed E-state index contributed by atoms with van der Waals surface area (Å²) in [6.07, 6.45) is 2.87. The molecule has 126 valence electrons. The maximum Gasteiger partial charge on any atom is 0.230 e. The van der Waals surface area contributed by atoms with E-state index in [1.807, 2.05) is 42.5 Å². The van der Waals surface area contributed by atoms with Crippen LogP contribution in [0.25, 0.3) is 0 Å². The molecule has 0 radical (unpaired) electrons. The number of oxime groups is 1. The molecule has 24 heavy (non-hydrogen) atoms. The highest BCUT2D eigenvalue weighted by molar-refractivity contribution is 6.00. The molecule has 5 heteroatoms. The average molecular weight is 325 g/mol. The molecule has 1 N–H and O–H groups in total. The van der Waals surface area contributed by atoms with E-state index in [0.717, 1.165) is 13.1 Å². The molecule has 0 amide bonds. The minimum absolute atomic E-state index is 0.447. The second-order valence-corrected chi connectivity index (χ2v) is 6.55. The Morgan fingerprint density at radius 2 is 1.83 bits per heavy atom. The van der Waals surface area contributed by atoms with Gasteiger partial charge in [0.25, 0.3) is 0 Å². The van der Waals surface area contributed by atoms with Crippen LogP contribution in [0.5, 0.6) is 11.6 Å². The molecule has 2 aromatic rings. The molecule has 0 aliphatic carbocycles. The van der Waals surface area contributed by atoms with Crippen LogP contribution < -0.4 is 4.74 Å². The molecule has 3 rings (SSSR count). The van der Waals surface area contributed by atoms with Crippen molar-refractivity contribution < 1.29 is 9.94 Å². The molecule has 2 atom stereocenters. The maximum absolute atomic E-state index is 9.66. The van der Waals surface area contributed by atoms with Crippen LogP contribution in [0.3, 0.4) is 0 Å². The van der Waals surface area contributed by atoms with Gasteiger partial charge >= 0.3 is 0 Å². The minimum Gasteiger partial charge on any atom is -0.438 e. The Balaban J connectivity index is 1.90. The monoisotopic (exact) mass is 325 g/mol. The van der Waals surface area contributed by atoms with Gasteiger partial charge in [-0.2, -0.15) is 0 Å². The lowest BCUT2D eigenvalue weighted by atomic mass is 9.91. The quantitative estimate of drug-likeness (QED) is 0.401. The van der Waals surface area contributed by atoms with E-state index in [4.69, 9.17) is 4.74 Å². The number of para-hydroxylation sites is 1. The summed E-state index contributed by atoms with van der Waals surface area (Å²) in [6, 6.07) is 13.2. The van der Waals surface area contributed by atoms with Crippen molar-refractivity contribution in [1.82, 2.24) is 9.88 Å². The largest absolute Gasteiger partial charge is 0.438 e. The third kappa shape index (κ3) is 3.67. The second-order valence-electron chi connectivity index (χ2n) is 6.55. The highest BCUT2D eigenvalue weighted by atomic mass is 16.5. The molecule has 1 aliphatic rings. The van der Waals surface area contributed by atoms with Crippen molar-refractivity contribution in [2.24, 2.45) is 17.0 Å². The fourth-order valence-corrected chi connectivity index (χ4v) is 3.37. The van der Waals surface area contributed by atoms with E-state index in [1.54, 1.807) is 6.20 Å². The predicted octanol–water partition coefficient (Wildman–Crippen LogP) is 3.99. The molecule has 0 spiro atoms.